The van der Waals surface area contributed by atoms with Crippen LogP contribution in [0.1, 0.15) is 16.9 Å². The van der Waals surface area contributed by atoms with Crippen molar-refractivity contribution in [3.05, 3.63) is 35.0 Å². The molecule has 9 nitrogen and oxygen atoms in total. The molecule has 1 N–H and O–H groups in total. The molecule has 36 heavy (non-hydrogen) atoms. The molecule has 0 spiro atoms. The van der Waals surface area contributed by atoms with Gasteiger partial charge in [0.05, 0.1) is 10.1 Å². The Morgan fingerprint density at radius 2 is 2.06 bits per heavy atom. The number of aromatic nitrogens is 4. The molecule has 1 aliphatic carbocycles. The van der Waals surface area contributed by atoms with Crippen LogP contribution in [0.3, 0.4) is 0 Å². The van der Waals surface area contributed by atoms with Crippen LogP contribution >= 0.6 is 22.9 Å². The lowest BCUT2D eigenvalue weighted by atomic mass is 9.86. The molecule has 0 unspecified atom stereocenters. The molecule has 0 radical (unpaired) electrons. The van der Waals surface area contributed by atoms with E-state index in [9.17, 15) is 4.79 Å². The van der Waals surface area contributed by atoms with Gasteiger partial charge in [-0.2, -0.15) is 0 Å². The molecule has 6 rings (SSSR count). The molecular weight excluding hydrogens is 492 g/mol. The van der Waals surface area contributed by atoms with Crippen LogP contribution in [-0.4, -0.2) is 93.5 Å². The molecule has 1 aromatic carbocycles. The van der Waals surface area contributed by atoms with Crippen molar-refractivity contribution < 1.29 is 4.79 Å². The first-order valence-electron chi connectivity index (χ1n) is 12.5. The second kappa shape index (κ2) is 9.97. The topological polar surface area (TPSA) is 90.4 Å². The Morgan fingerprint density at radius 1 is 1.19 bits per heavy atom. The molecule has 1 fully saturated rings. The zero-order valence-corrected chi connectivity index (χ0v) is 22.2. The van der Waals surface area contributed by atoms with Gasteiger partial charge in [0, 0.05) is 55.8 Å². The van der Waals surface area contributed by atoms with Crippen LogP contribution in [0.2, 0.25) is 0 Å². The van der Waals surface area contributed by atoms with Gasteiger partial charge in [-0.05, 0) is 68.7 Å². The summed E-state index contributed by atoms with van der Waals surface area (Å²) in [5.41, 5.74) is 3.16. The van der Waals surface area contributed by atoms with E-state index in [1.165, 1.54) is 22.0 Å². The lowest BCUT2D eigenvalue weighted by molar-refractivity contribution is -0.137. The molecule has 4 aromatic rings. The van der Waals surface area contributed by atoms with Gasteiger partial charge in [-0.25, -0.2) is 9.97 Å². The number of carbonyl (C=O) groups excluding carboxylic acids is 1. The highest BCUT2D eigenvalue weighted by atomic mass is 32.1. The van der Waals surface area contributed by atoms with Crippen molar-refractivity contribution in [2.24, 2.45) is 5.92 Å². The largest absolute Gasteiger partial charge is 0.340 e. The van der Waals surface area contributed by atoms with E-state index in [0.717, 1.165) is 90.5 Å². The van der Waals surface area contributed by atoms with Crippen LogP contribution in [0.25, 0.3) is 20.4 Å². The summed E-state index contributed by atoms with van der Waals surface area (Å²) in [4.78, 5) is 31.6. The van der Waals surface area contributed by atoms with Crippen molar-refractivity contribution in [2.45, 2.75) is 19.3 Å². The summed E-state index contributed by atoms with van der Waals surface area (Å²) in [5.74, 6) is 1.21. The minimum absolute atomic E-state index is 0.0597. The smallest absolute Gasteiger partial charge is 0.226 e. The van der Waals surface area contributed by atoms with Gasteiger partial charge < -0.3 is 15.1 Å². The number of piperazine rings is 1. The lowest BCUT2D eigenvalue weighted by Crippen LogP contribution is -2.51. The van der Waals surface area contributed by atoms with E-state index >= 15 is 0 Å². The maximum absolute atomic E-state index is 13.4. The summed E-state index contributed by atoms with van der Waals surface area (Å²) in [7, 11) is 4.21. The maximum Gasteiger partial charge on any atom is 0.226 e. The number of benzene rings is 1. The van der Waals surface area contributed by atoms with Crippen molar-refractivity contribution in [1.82, 2.24) is 34.3 Å². The molecule has 11 heteroatoms. The molecular formula is C25H30N8OS2. The Balaban J connectivity index is 1.16. The molecule has 1 atom stereocenters. The Morgan fingerprint density at radius 3 is 2.89 bits per heavy atom. The highest BCUT2D eigenvalue weighted by Gasteiger charge is 2.32. The number of carbonyl (C=O) groups is 1. The molecule has 1 amide bonds. The number of nitrogens with one attached hydrogen (secondary N) is 1. The average Bonchev–Trinajstić information content (AvgIpc) is 3.51. The fourth-order valence-electron chi connectivity index (χ4n) is 5.20. The summed E-state index contributed by atoms with van der Waals surface area (Å²) in [6.07, 6.45) is 4.19. The highest BCUT2D eigenvalue weighted by molar-refractivity contribution is 7.19. The standard InChI is InChI=1S/C25H30N8OS2/c1-31(2)7-8-32-9-11-33(12-10-32)25(34)16-3-5-18-20(13-16)35-24-22(18)23(26-15-27-24)28-17-4-6-19-21(14-17)36-30-29-19/h4,6,14-16H,3,5,7-13H2,1-2H3,(H,26,27,28)/t16-/m0/s1. The second-order valence-corrected chi connectivity index (χ2v) is 11.8. The first-order valence-corrected chi connectivity index (χ1v) is 14.0. The predicted octanol–water partition coefficient (Wildman–Crippen LogP) is 3.25. The van der Waals surface area contributed by atoms with Crippen molar-refractivity contribution in [2.75, 3.05) is 58.7 Å². The Bertz CT molecular complexity index is 1390. The molecule has 188 valence electrons. The molecule has 3 aromatic heterocycles. The quantitative estimate of drug-likeness (QED) is 0.413. The Kier molecular flexibility index (Phi) is 6.55. The number of rotatable bonds is 6. The zero-order valence-electron chi connectivity index (χ0n) is 20.6. The number of likely N-dealkylation sites (N-methyl/N-ethyl adjacent to an activating group) is 1. The summed E-state index contributed by atoms with van der Waals surface area (Å²) in [6.45, 7) is 5.73. The van der Waals surface area contributed by atoms with Crippen LogP contribution in [0.4, 0.5) is 11.5 Å². The van der Waals surface area contributed by atoms with Gasteiger partial charge in [-0.3, -0.25) is 9.69 Å². The van der Waals surface area contributed by atoms with Gasteiger partial charge in [0.1, 0.15) is 22.5 Å². The third-order valence-corrected chi connectivity index (χ3v) is 9.10. The van der Waals surface area contributed by atoms with Crippen molar-refractivity contribution in [3.8, 4) is 0 Å². The lowest BCUT2D eigenvalue weighted by Gasteiger charge is -2.37. The number of fused-ring (bicyclic) bond motifs is 4. The highest BCUT2D eigenvalue weighted by Crippen LogP contribution is 2.41. The molecule has 2 aliphatic rings. The van der Waals surface area contributed by atoms with Gasteiger partial charge in [0.2, 0.25) is 5.91 Å². The van der Waals surface area contributed by atoms with E-state index < -0.39 is 0 Å². The number of thiophene rings is 1. The van der Waals surface area contributed by atoms with E-state index in [4.69, 9.17) is 0 Å². The van der Waals surface area contributed by atoms with Crippen LogP contribution in [0.5, 0.6) is 0 Å². The fourth-order valence-corrected chi connectivity index (χ4v) is 7.07. The Hall–Kier alpha value is -2.73. The second-order valence-electron chi connectivity index (χ2n) is 9.90. The van der Waals surface area contributed by atoms with Gasteiger partial charge in [0.15, 0.2) is 0 Å². The number of hydrogen-bond acceptors (Lipinski definition) is 10. The van der Waals surface area contributed by atoms with Crippen LogP contribution in [-0.2, 0) is 17.6 Å². The van der Waals surface area contributed by atoms with E-state index in [2.05, 4.69) is 59.7 Å². The number of aryl methyl sites for hydroxylation is 1. The molecule has 1 saturated heterocycles. The van der Waals surface area contributed by atoms with Crippen LogP contribution < -0.4 is 5.32 Å². The van der Waals surface area contributed by atoms with Gasteiger partial charge >= 0.3 is 0 Å². The normalized spacial score (nSPS) is 18.8. The molecule has 4 heterocycles. The van der Waals surface area contributed by atoms with Gasteiger partial charge in [-0.1, -0.05) is 4.49 Å². The van der Waals surface area contributed by atoms with E-state index in [0.29, 0.717) is 5.91 Å². The summed E-state index contributed by atoms with van der Waals surface area (Å²) in [5, 5.41) is 8.71. The fraction of sp³-hybridized carbons (Fsp3) is 0.480. The summed E-state index contributed by atoms with van der Waals surface area (Å²) in [6, 6.07) is 6.04. The zero-order chi connectivity index (χ0) is 24.6. The first-order chi connectivity index (χ1) is 17.5. The van der Waals surface area contributed by atoms with E-state index in [1.807, 2.05) is 12.1 Å². The maximum atomic E-state index is 13.4. The average molecular weight is 523 g/mol. The van der Waals surface area contributed by atoms with Crippen molar-refractivity contribution >= 4 is 60.7 Å². The number of hydrogen-bond donors (Lipinski definition) is 1. The van der Waals surface area contributed by atoms with E-state index in [-0.39, 0.29) is 5.92 Å². The minimum atomic E-state index is 0.0597. The molecule has 0 saturated carbocycles. The van der Waals surface area contributed by atoms with Crippen molar-refractivity contribution in [3.63, 3.8) is 0 Å². The summed E-state index contributed by atoms with van der Waals surface area (Å²) < 4.78 is 5.07. The third kappa shape index (κ3) is 4.68. The van der Waals surface area contributed by atoms with Crippen LogP contribution in [0.15, 0.2) is 24.5 Å². The Labute approximate surface area is 218 Å². The number of nitrogens with zero attached hydrogens (tertiary/aromatic N) is 7. The van der Waals surface area contributed by atoms with Crippen molar-refractivity contribution in [1.29, 1.82) is 0 Å². The SMILES string of the molecule is CN(C)CCN1CCN(C(=O)[C@H]2CCc3c(sc4ncnc(Nc5ccc6nnsc6c5)c34)C2)CC1. The first kappa shape index (κ1) is 23.7. The van der Waals surface area contributed by atoms with Gasteiger partial charge in [0.25, 0.3) is 0 Å². The minimum Gasteiger partial charge on any atom is -0.340 e. The van der Waals surface area contributed by atoms with E-state index in [1.54, 1.807) is 17.7 Å². The summed E-state index contributed by atoms with van der Waals surface area (Å²) >= 11 is 3.10. The predicted molar refractivity (Wildman–Crippen MR) is 145 cm³/mol. The number of anilines is 2. The van der Waals surface area contributed by atoms with Gasteiger partial charge in [-0.15, -0.1) is 16.4 Å². The monoisotopic (exact) mass is 522 g/mol. The third-order valence-electron chi connectivity index (χ3n) is 7.25. The molecule has 0 bridgehead atoms. The molecule has 1 aliphatic heterocycles. The number of amides is 1. The van der Waals surface area contributed by atoms with Crippen LogP contribution in [0, 0.1) is 5.92 Å².